The van der Waals surface area contributed by atoms with Gasteiger partial charge in [-0.25, -0.2) is 0 Å². The Morgan fingerprint density at radius 1 is 0.383 bits per heavy atom. The molecule has 1 aromatic heterocycles. The monoisotopic (exact) mass is 601 g/mol. The van der Waals surface area contributed by atoms with E-state index in [0.717, 1.165) is 81.9 Å². The summed E-state index contributed by atoms with van der Waals surface area (Å²) in [6, 6.07) is 46.4. The summed E-state index contributed by atoms with van der Waals surface area (Å²) < 4.78 is 49.4. The number of benzene rings is 9. The molecule has 0 radical (unpaired) electrons. The maximum absolute atomic E-state index is 8.92. The molecule has 0 saturated carbocycles. The van der Waals surface area contributed by atoms with Crippen LogP contribution in [-0.4, -0.2) is 0 Å². The summed E-state index contributed by atoms with van der Waals surface area (Å²) in [5.41, 5.74) is 6.80. The maximum atomic E-state index is 8.92. The summed E-state index contributed by atoms with van der Waals surface area (Å²) in [5.74, 6) is 0. The fourth-order valence-electron chi connectivity index (χ4n) is 7.55. The first-order valence-corrected chi connectivity index (χ1v) is 15.8. The second kappa shape index (κ2) is 10.2. The molecule has 218 valence electrons. The zero-order valence-corrected chi connectivity index (χ0v) is 25.2. The standard InChI is InChI=1S/C46H28O/c1-2-13-31(14-3-1)43-35-17-6-8-19-37(35)44(38-20-9-7-18-36(38)43)39-22-10-15-30-24-25-32(28-40(30)39)34-21-11-23-41-46(34)45-33-16-5-4-12-29(33)26-27-42(45)47-41/h1-28H/i1D,2D,3D,13D,14D. The van der Waals surface area contributed by atoms with Crippen molar-refractivity contribution in [3.8, 4) is 33.4 Å². The van der Waals surface area contributed by atoms with Gasteiger partial charge in [-0.2, -0.15) is 0 Å². The summed E-state index contributed by atoms with van der Waals surface area (Å²) in [6.07, 6.45) is 0. The van der Waals surface area contributed by atoms with E-state index in [1.807, 2.05) is 42.5 Å². The van der Waals surface area contributed by atoms with E-state index in [0.29, 0.717) is 5.56 Å². The lowest BCUT2D eigenvalue weighted by atomic mass is 9.84. The third-order valence-electron chi connectivity index (χ3n) is 9.53. The molecule has 0 aliphatic heterocycles. The van der Waals surface area contributed by atoms with E-state index in [4.69, 9.17) is 11.3 Å². The molecule has 0 unspecified atom stereocenters. The largest absolute Gasteiger partial charge is 0.456 e. The number of hydrogen-bond acceptors (Lipinski definition) is 1. The van der Waals surface area contributed by atoms with Gasteiger partial charge in [-0.15, -0.1) is 0 Å². The van der Waals surface area contributed by atoms with Gasteiger partial charge in [0.15, 0.2) is 0 Å². The van der Waals surface area contributed by atoms with Crippen molar-refractivity contribution in [2.75, 3.05) is 0 Å². The average molecular weight is 602 g/mol. The van der Waals surface area contributed by atoms with Gasteiger partial charge in [-0.3, -0.25) is 0 Å². The van der Waals surface area contributed by atoms with E-state index in [2.05, 4.69) is 97.1 Å². The molecule has 0 N–H and O–H groups in total. The Bertz CT molecular complexity index is 3050. The lowest BCUT2D eigenvalue weighted by Gasteiger charge is -2.19. The minimum atomic E-state index is -0.400. The van der Waals surface area contributed by atoms with Crippen LogP contribution in [0.4, 0.5) is 0 Å². The van der Waals surface area contributed by atoms with Crippen LogP contribution in [0, 0.1) is 0 Å². The molecule has 1 heteroatoms. The molecule has 1 heterocycles. The van der Waals surface area contributed by atoms with Gasteiger partial charge in [-0.05, 0) is 94.7 Å². The third kappa shape index (κ3) is 3.90. The van der Waals surface area contributed by atoms with Crippen LogP contribution in [0.5, 0.6) is 0 Å². The molecular formula is C46H28O. The fourth-order valence-corrected chi connectivity index (χ4v) is 7.55. The molecule has 0 aliphatic rings. The lowest BCUT2D eigenvalue weighted by molar-refractivity contribution is 0.669. The number of fused-ring (bicyclic) bond motifs is 8. The average Bonchev–Trinajstić information content (AvgIpc) is 3.58. The highest BCUT2D eigenvalue weighted by molar-refractivity contribution is 6.25. The highest BCUT2D eigenvalue weighted by Gasteiger charge is 2.19. The fraction of sp³-hybridized carbons (Fsp3) is 0. The third-order valence-corrected chi connectivity index (χ3v) is 9.53. The molecule has 10 aromatic rings. The van der Waals surface area contributed by atoms with Crippen molar-refractivity contribution in [2.45, 2.75) is 0 Å². The van der Waals surface area contributed by atoms with Crippen LogP contribution >= 0.6 is 0 Å². The molecular weight excluding hydrogens is 569 g/mol. The Morgan fingerprint density at radius 2 is 0.957 bits per heavy atom. The van der Waals surface area contributed by atoms with Crippen LogP contribution < -0.4 is 0 Å². The van der Waals surface area contributed by atoms with Gasteiger partial charge in [0.05, 0.1) is 6.85 Å². The normalized spacial score (nSPS) is 13.3. The van der Waals surface area contributed by atoms with E-state index < -0.39 is 6.04 Å². The molecule has 10 rings (SSSR count). The highest BCUT2D eigenvalue weighted by Crippen LogP contribution is 2.46. The van der Waals surface area contributed by atoms with Crippen LogP contribution in [0.15, 0.2) is 174 Å². The van der Waals surface area contributed by atoms with Crippen molar-refractivity contribution in [2.24, 2.45) is 0 Å². The summed E-state index contributed by atoms with van der Waals surface area (Å²) in [5, 5.41) is 10.2. The van der Waals surface area contributed by atoms with E-state index in [1.54, 1.807) is 0 Å². The van der Waals surface area contributed by atoms with Crippen LogP contribution in [0.3, 0.4) is 0 Å². The smallest absolute Gasteiger partial charge is 0.136 e. The van der Waals surface area contributed by atoms with Gasteiger partial charge in [0.25, 0.3) is 0 Å². The first-order valence-electron chi connectivity index (χ1n) is 18.3. The lowest BCUT2D eigenvalue weighted by Crippen LogP contribution is -1.91. The van der Waals surface area contributed by atoms with E-state index in [-0.39, 0.29) is 29.7 Å². The van der Waals surface area contributed by atoms with Crippen LogP contribution in [0.25, 0.3) is 98.4 Å². The van der Waals surface area contributed by atoms with Gasteiger partial charge in [0, 0.05) is 10.8 Å². The zero-order chi connectivity index (χ0) is 35.2. The van der Waals surface area contributed by atoms with Crippen molar-refractivity contribution in [1.29, 1.82) is 0 Å². The summed E-state index contributed by atoms with van der Waals surface area (Å²) in [7, 11) is 0. The Hall–Kier alpha value is -6.18. The van der Waals surface area contributed by atoms with E-state index in [1.165, 1.54) is 5.39 Å². The Kier molecular flexibility index (Phi) is 4.66. The Balaban J connectivity index is 1.29. The molecule has 0 aliphatic carbocycles. The molecule has 0 spiro atoms. The molecule has 47 heavy (non-hydrogen) atoms. The SMILES string of the molecule is [2H]c1c([2H])c([2H])c(-c2c3ccccc3c(-c3cccc4ccc(-c5cccc6oc7ccc8ccccc8c7c56)cc34)c3ccccc23)c([2H])c1[2H]. The first-order chi connectivity index (χ1) is 25.4. The predicted molar refractivity (Wildman–Crippen MR) is 200 cm³/mol. The molecule has 0 fully saturated rings. The molecule has 0 amide bonds. The van der Waals surface area contributed by atoms with Gasteiger partial charge in [-0.1, -0.05) is 152 Å². The summed E-state index contributed by atoms with van der Waals surface area (Å²) in [6.45, 7) is 0. The minimum Gasteiger partial charge on any atom is -0.456 e. The summed E-state index contributed by atoms with van der Waals surface area (Å²) in [4.78, 5) is 0. The van der Waals surface area contributed by atoms with Crippen molar-refractivity contribution in [1.82, 2.24) is 0 Å². The van der Waals surface area contributed by atoms with Crippen molar-refractivity contribution >= 4 is 65.0 Å². The van der Waals surface area contributed by atoms with Crippen molar-refractivity contribution in [3.05, 3.63) is 170 Å². The zero-order valence-electron chi connectivity index (χ0n) is 30.2. The van der Waals surface area contributed by atoms with Gasteiger partial charge in [0.2, 0.25) is 0 Å². The van der Waals surface area contributed by atoms with Crippen LogP contribution in [0.2, 0.25) is 0 Å². The molecule has 0 saturated heterocycles. The number of hydrogen-bond donors (Lipinski definition) is 0. The first kappa shape index (κ1) is 21.5. The molecule has 0 bridgehead atoms. The van der Waals surface area contributed by atoms with Crippen LogP contribution in [-0.2, 0) is 0 Å². The highest BCUT2D eigenvalue weighted by atomic mass is 16.3. The second-order valence-electron chi connectivity index (χ2n) is 12.0. The number of furan rings is 1. The predicted octanol–water partition coefficient (Wildman–Crippen LogP) is 13.2. The second-order valence-corrected chi connectivity index (χ2v) is 12.0. The van der Waals surface area contributed by atoms with Crippen molar-refractivity contribution in [3.63, 3.8) is 0 Å². The maximum Gasteiger partial charge on any atom is 0.136 e. The molecule has 9 aromatic carbocycles. The van der Waals surface area contributed by atoms with Crippen LogP contribution in [0.1, 0.15) is 6.85 Å². The van der Waals surface area contributed by atoms with E-state index in [9.17, 15) is 0 Å². The minimum absolute atomic E-state index is 0.207. The van der Waals surface area contributed by atoms with Gasteiger partial charge >= 0.3 is 0 Å². The Morgan fingerprint density at radius 3 is 1.72 bits per heavy atom. The quantitative estimate of drug-likeness (QED) is 0.184. The van der Waals surface area contributed by atoms with E-state index >= 15 is 0 Å². The topological polar surface area (TPSA) is 13.1 Å². The molecule has 1 nitrogen and oxygen atoms in total. The van der Waals surface area contributed by atoms with Gasteiger partial charge in [0.1, 0.15) is 11.2 Å². The van der Waals surface area contributed by atoms with Gasteiger partial charge < -0.3 is 4.42 Å². The number of rotatable bonds is 3. The Labute approximate surface area is 279 Å². The summed E-state index contributed by atoms with van der Waals surface area (Å²) >= 11 is 0. The van der Waals surface area contributed by atoms with Crippen molar-refractivity contribution < 1.29 is 11.3 Å². The molecule has 0 atom stereocenters.